The lowest BCUT2D eigenvalue weighted by atomic mass is 10.1. The Morgan fingerprint density at radius 1 is 1.41 bits per heavy atom. The molecular weight excluding hydrogens is 350 g/mol. The number of carbonyl (C=O) groups is 1. The first-order valence-electron chi connectivity index (χ1n) is 6.57. The maximum Gasteiger partial charge on any atom is 0.228 e. The molecule has 0 aliphatic carbocycles. The number of rotatable bonds is 7. The van der Waals surface area contributed by atoms with Crippen molar-refractivity contribution in [1.29, 1.82) is 0 Å². The van der Waals surface area contributed by atoms with Crippen molar-refractivity contribution in [3.05, 3.63) is 33.7 Å². The predicted octanol–water partition coefficient (Wildman–Crippen LogP) is 4.35. The molecule has 122 valence electrons. The van der Waals surface area contributed by atoms with Gasteiger partial charge in [0.15, 0.2) is 5.75 Å². The van der Waals surface area contributed by atoms with Gasteiger partial charge in [-0.25, -0.2) is 4.39 Å². The SMILES string of the molecule is CCN(C=O)N(CC)/C(Cl)=C(\C)c1cc(OS)c(Cl)cc1F. The van der Waals surface area contributed by atoms with Gasteiger partial charge in [0, 0.05) is 31.6 Å². The molecule has 0 radical (unpaired) electrons. The third-order valence-corrected chi connectivity index (χ3v) is 4.09. The van der Waals surface area contributed by atoms with Crippen LogP contribution in [0.4, 0.5) is 4.39 Å². The number of halogens is 3. The first-order valence-corrected chi connectivity index (χ1v) is 7.69. The molecule has 0 N–H and O–H groups in total. The molecule has 0 spiro atoms. The zero-order chi connectivity index (χ0) is 16.9. The summed E-state index contributed by atoms with van der Waals surface area (Å²) in [6.07, 6.45) is 0.666. The van der Waals surface area contributed by atoms with E-state index in [1.165, 1.54) is 11.1 Å². The fraction of sp³-hybridized carbons (Fsp3) is 0.357. The molecule has 0 atom stereocenters. The summed E-state index contributed by atoms with van der Waals surface area (Å²) in [6, 6.07) is 2.54. The van der Waals surface area contributed by atoms with Gasteiger partial charge in [-0.15, -0.1) is 0 Å². The average Bonchev–Trinajstić information content (AvgIpc) is 2.51. The molecule has 0 saturated carbocycles. The molecule has 1 amide bonds. The summed E-state index contributed by atoms with van der Waals surface area (Å²) in [4.78, 5) is 11.1. The Morgan fingerprint density at radius 2 is 2.05 bits per heavy atom. The Labute approximate surface area is 145 Å². The Morgan fingerprint density at radius 3 is 2.50 bits per heavy atom. The van der Waals surface area contributed by atoms with Crippen molar-refractivity contribution in [3.63, 3.8) is 0 Å². The van der Waals surface area contributed by atoms with E-state index in [9.17, 15) is 9.18 Å². The summed E-state index contributed by atoms with van der Waals surface area (Å²) < 4.78 is 18.9. The van der Waals surface area contributed by atoms with Crippen LogP contribution in [0, 0.1) is 5.82 Å². The van der Waals surface area contributed by atoms with Gasteiger partial charge in [0.2, 0.25) is 6.41 Å². The summed E-state index contributed by atoms with van der Waals surface area (Å²) in [5, 5.41) is 3.30. The van der Waals surface area contributed by atoms with Gasteiger partial charge in [-0.3, -0.25) is 14.8 Å². The summed E-state index contributed by atoms with van der Waals surface area (Å²) >= 11 is 15.9. The van der Waals surface area contributed by atoms with E-state index in [-0.39, 0.29) is 21.5 Å². The number of thiol groups is 1. The van der Waals surface area contributed by atoms with Crippen LogP contribution in [-0.4, -0.2) is 29.5 Å². The van der Waals surface area contributed by atoms with E-state index < -0.39 is 5.82 Å². The zero-order valence-corrected chi connectivity index (χ0v) is 14.8. The van der Waals surface area contributed by atoms with Crippen LogP contribution in [0.2, 0.25) is 5.02 Å². The van der Waals surface area contributed by atoms with Gasteiger partial charge >= 0.3 is 0 Å². The smallest absolute Gasteiger partial charge is 0.228 e. The van der Waals surface area contributed by atoms with Crippen LogP contribution in [0.1, 0.15) is 26.3 Å². The number of hydrogen-bond donors (Lipinski definition) is 1. The topological polar surface area (TPSA) is 32.8 Å². The van der Waals surface area contributed by atoms with E-state index in [1.807, 2.05) is 13.8 Å². The van der Waals surface area contributed by atoms with Gasteiger partial charge in [0.25, 0.3) is 0 Å². The Hall–Kier alpha value is -1.11. The second-order valence-electron chi connectivity index (χ2n) is 4.35. The highest BCUT2D eigenvalue weighted by Crippen LogP contribution is 2.34. The number of hydrazine groups is 1. The normalized spacial score (nSPS) is 11.8. The van der Waals surface area contributed by atoms with Crippen LogP contribution in [-0.2, 0) is 4.79 Å². The Bertz CT molecular complexity index is 584. The molecule has 1 rings (SSSR count). The second-order valence-corrected chi connectivity index (χ2v) is 5.29. The van der Waals surface area contributed by atoms with Crippen LogP contribution in [0.25, 0.3) is 5.57 Å². The zero-order valence-electron chi connectivity index (χ0n) is 12.4. The third-order valence-electron chi connectivity index (χ3n) is 3.12. The van der Waals surface area contributed by atoms with E-state index in [0.717, 1.165) is 6.07 Å². The molecule has 1 aromatic rings. The van der Waals surface area contributed by atoms with Gasteiger partial charge in [-0.1, -0.05) is 23.2 Å². The number of benzene rings is 1. The van der Waals surface area contributed by atoms with Gasteiger partial charge in [-0.2, -0.15) is 0 Å². The van der Waals surface area contributed by atoms with Gasteiger partial charge in [0.05, 0.1) is 5.02 Å². The monoisotopic (exact) mass is 366 g/mol. The minimum atomic E-state index is -0.542. The Kier molecular flexibility index (Phi) is 7.32. The van der Waals surface area contributed by atoms with Crippen molar-refractivity contribution in [2.45, 2.75) is 20.8 Å². The van der Waals surface area contributed by atoms with Crippen LogP contribution in [0.5, 0.6) is 5.75 Å². The first-order chi connectivity index (χ1) is 10.4. The Balaban J connectivity index is 3.37. The molecule has 0 aliphatic heterocycles. The molecular formula is C14H17Cl2FN2O2S. The largest absolute Gasteiger partial charge is 0.427 e. The molecule has 22 heavy (non-hydrogen) atoms. The fourth-order valence-electron chi connectivity index (χ4n) is 1.93. The predicted molar refractivity (Wildman–Crippen MR) is 90.3 cm³/mol. The molecule has 0 fully saturated rings. The summed E-state index contributed by atoms with van der Waals surface area (Å²) in [5.41, 5.74) is 0.670. The van der Waals surface area contributed by atoms with Crippen molar-refractivity contribution in [2.24, 2.45) is 0 Å². The van der Waals surface area contributed by atoms with Gasteiger partial charge < -0.3 is 4.18 Å². The van der Waals surface area contributed by atoms with E-state index in [1.54, 1.807) is 11.9 Å². The highest BCUT2D eigenvalue weighted by molar-refractivity contribution is 7.75. The highest BCUT2D eigenvalue weighted by Gasteiger charge is 2.19. The average molecular weight is 367 g/mol. The van der Waals surface area contributed by atoms with E-state index in [0.29, 0.717) is 25.1 Å². The number of nitrogens with zero attached hydrogens (tertiary/aromatic N) is 2. The summed E-state index contributed by atoms with van der Waals surface area (Å²) in [6.45, 7) is 6.19. The quantitative estimate of drug-likeness (QED) is 0.256. The number of amides is 1. The molecule has 8 heteroatoms. The van der Waals surface area contributed by atoms with Crippen molar-refractivity contribution in [1.82, 2.24) is 10.0 Å². The number of hydrogen-bond acceptors (Lipinski definition) is 4. The molecule has 0 aliphatic rings. The summed E-state index contributed by atoms with van der Waals surface area (Å²) in [7, 11) is 0. The molecule has 0 heterocycles. The van der Waals surface area contributed by atoms with E-state index in [2.05, 4.69) is 12.9 Å². The minimum absolute atomic E-state index is 0.107. The van der Waals surface area contributed by atoms with Crippen LogP contribution >= 0.6 is 36.1 Å². The van der Waals surface area contributed by atoms with E-state index in [4.69, 9.17) is 27.4 Å². The molecule has 1 aromatic carbocycles. The van der Waals surface area contributed by atoms with Crippen molar-refractivity contribution >= 4 is 48.1 Å². The third kappa shape index (κ3) is 4.00. The van der Waals surface area contributed by atoms with Crippen LogP contribution < -0.4 is 4.18 Å². The van der Waals surface area contributed by atoms with Crippen LogP contribution in [0.15, 0.2) is 17.3 Å². The molecule has 4 nitrogen and oxygen atoms in total. The van der Waals surface area contributed by atoms with Crippen molar-refractivity contribution in [3.8, 4) is 5.75 Å². The maximum absolute atomic E-state index is 14.2. The highest BCUT2D eigenvalue weighted by atomic mass is 35.5. The lowest BCUT2D eigenvalue weighted by Gasteiger charge is -2.32. The van der Waals surface area contributed by atoms with E-state index >= 15 is 0 Å². The molecule has 0 aromatic heterocycles. The van der Waals surface area contributed by atoms with Gasteiger partial charge in [0.1, 0.15) is 11.0 Å². The standard InChI is InChI=1S/C14H17Cl2FN2O2S/c1-4-18(8-20)19(5-2)14(16)9(3)10-6-13(21-22)11(15)7-12(10)17/h6-8,22H,4-5H2,1-3H3/b14-9+. The fourth-order valence-corrected chi connectivity index (χ4v) is 2.64. The maximum atomic E-state index is 14.2. The lowest BCUT2D eigenvalue weighted by molar-refractivity contribution is -0.129. The van der Waals surface area contributed by atoms with Crippen LogP contribution in [0.3, 0.4) is 0 Å². The first kappa shape index (κ1) is 18.9. The minimum Gasteiger partial charge on any atom is -0.427 e. The second kappa shape index (κ2) is 8.50. The number of allylic oxidation sites excluding steroid dienone is 1. The number of carbonyl (C=O) groups excluding carboxylic acids is 1. The summed E-state index contributed by atoms with van der Waals surface area (Å²) in [5.74, 6) is -0.323. The van der Waals surface area contributed by atoms with Crippen molar-refractivity contribution < 1.29 is 13.4 Å². The van der Waals surface area contributed by atoms with Crippen molar-refractivity contribution in [2.75, 3.05) is 13.1 Å². The molecule has 0 saturated heterocycles. The molecule has 0 bridgehead atoms. The van der Waals surface area contributed by atoms with Gasteiger partial charge in [-0.05, 0) is 38.5 Å². The molecule has 0 unspecified atom stereocenters. The lowest BCUT2D eigenvalue weighted by Crippen LogP contribution is -2.40.